The minimum Gasteiger partial charge on any atom is -0.494 e. The summed E-state index contributed by atoms with van der Waals surface area (Å²) in [6.07, 6.45) is 1.95. The van der Waals surface area contributed by atoms with Crippen molar-refractivity contribution in [3.05, 3.63) is 54.1 Å². The van der Waals surface area contributed by atoms with Gasteiger partial charge in [-0.2, -0.15) is 0 Å². The lowest BCUT2D eigenvalue weighted by Gasteiger charge is -2.28. The van der Waals surface area contributed by atoms with Gasteiger partial charge in [0.1, 0.15) is 11.8 Å². The molecule has 2 aromatic rings. The number of nitrogens with one attached hydrogen (secondary N) is 1. The number of carbonyl (C=O) groups excluding carboxylic acids is 1. The van der Waals surface area contributed by atoms with Crippen molar-refractivity contribution in [1.82, 2.24) is 0 Å². The molecule has 2 aromatic carbocycles. The number of hydrogen-bond acceptors (Lipinski definition) is 4. The summed E-state index contributed by atoms with van der Waals surface area (Å²) in [5.74, 6) is 0.293. The van der Waals surface area contributed by atoms with Crippen LogP contribution >= 0.6 is 0 Å². The first-order valence-corrected chi connectivity index (χ1v) is 10.7. The van der Waals surface area contributed by atoms with Gasteiger partial charge in [0, 0.05) is 5.69 Å². The molecule has 7 heteroatoms. The smallest absolute Gasteiger partial charge is 0.247 e. The number of aryl methyl sites for hydroxylation is 1. The summed E-state index contributed by atoms with van der Waals surface area (Å²) in [7, 11) is -3.64. The largest absolute Gasteiger partial charge is 0.494 e. The van der Waals surface area contributed by atoms with E-state index in [4.69, 9.17) is 4.74 Å². The van der Waals surface area contributed by atoms with Crippen molar-refractivity contribution in [1.29, 1.82) is 0 Å². The average molecular weight is 391 g/mol. The SMILES string of the molecule is CCOc1ccc(NC(=O)[C@H](C)N(c2ccc(CC)cc2)S(C)(=O)=O)cc1. The number of sulfonamides is 1. The second kappa shape index (κ2) is 8.90. The van der Waals surface area contributed by atoms with Gasteiger partial charge >= 0.3 is 0 Å². The molecule has 0 spiro atoms. The van der Waals surface area contributed by atoms with E-state index < -0.39 is 22.0 Å². The van der Waals surface area contributed by atoms with Gasteiger partial charge in [0.25, 0.3) is 0 Å². The van der Waals surface area contributed by atoms with Crippen LogP contribution in [-0.2, 0) is 21.2 Å². The molecule has 0 fully saturated rings. The van der Waals surface area contributed by atoms with Crippen molar-refractivity contribution >= 4 is 27.3 Å². The number of amides is 1. The Balaban J connectivity index is 2.21. The molecule has 1 N–H and O–H groups in total. The first kappa shape index (κ1) is 20.8. The van der Waals surface area contributed by atoms with Crippen LogP contribution in [0.5, 0.6) is 5.75 Å². The standard InChI is InChI=1S/C20H26N2O4S/c1-5-16-7-11-18(12-8-16)22(27(4,24)25)15(3)20(23)21-17-9-13-19(14-10-17)26-6-2/h7-15H,5-6H2,1-4H3,(H,21,23)/t15-/m0/s1. The molecule has 0 aromatic heterocycles. The topological polar surface area (TPSA) is 75.7 Å². The van der Waals surface area contributed by atoms with Crippen LogP contribution in [-0.4, -0.2) is 33.2 Å². The lowest BCUT2D eigenvalue weighted by Crippen LogP contribution is -2.45. The molecular weight excluding hydrogens is 364 g/mol. The fourth-order valence-electron chi connectivity index (χ4n) is 2.74. The van der Waals surface area contributed by atoms with Crippen LogP contribution in [0.2, 0.25) is 0 Å². The molecule has 0 heterocycles. The minimum absolute atomic E-state index is 0.413. The summed E-state index contributed by atoms with van der Waals surface area (Å²) in [6.45, 7) is 6.04. The van der Waals surface area contributed by atoms with Crippen molar-refractivity contribution in [2.24, 2.45) is 0 Å². The number of nitrogens with zero attached hydrogens (tertiary/aromatic N) is 1. The quantitative estimate of drug-likeness (QED) is 0.749. The molecule has 0 saturated heterocycles. The Kier molecular flexibility index (Phi) is 6.85. The molecule has 0 aliphatic rings. The van der Waals surface area contributed by atoms with Gasteiger partial charge in [-0.05, 0) is 62.2 Å². The third-order valence-electron chi connectivity index (χ3n) is 4.12. The molecule has 0 aliphatic heterocycles. The second-order valence-electron chi connectivity index (χ2n) is 6.20. The Morgan fingerprint density at radius 1 is 1.07 bits per heavy atom. The highest BCUT2D eigenvalue weighted by atomic mass is 32.2. The second-order valence-corrected chi connectivity index (χ2v) is 8.06. The van der Waals surface area contributed by atoms with Gasteiger partial charge in [-0.15, -0.1) is 0 Å². The first-order valence-electron chi connectivity index (χ1n) is 8.88. The van der Waals surface area contributed by atoms with E-state index in [1.54, 1.807) is 43.3 Å². The van der Waals surface area contributed by atoms with E-state index in [-0.39, 0.29) is 0 Å². The maximum absolute atomic E-state index is 12.7. The highest BCUT2D eigenvalue weighted by Crippen LogP contribution is 2.23. The zero-order chi connectivity index (χ0) is 20.0. The average Bonchev–Trinajstić information content (AvgIpc) is 2.63. The van der Waals surface area contributed by atoms with Gasteiger partial charge in [0.05, 0.1) is 18.6 Å². The molecule has 27 heavy (non-hydrogen) atoms. The van der Waals surface area contributed by atoms with Crippen LogP contribution in [0, 0.1) is 0 Å². The van der Waals surface area contributed by atoms with E-state index in [9.17, 15) is 13.2 Å². The fourth-order valence-corrected chi connectivity index (χ4v) is 3.91. The molecule has 6 nitrogen and oxygen atoms in total. The predicted octanol–water partition coefficient (Wildman–Crippen LogP) is 3.44. The predicted molar refractivity (Wildman–Crippen MR) is 109 cm³/mol. The van der Waals surface area contributed by atoms with E-state index in [1.807, 2.05) is 26.0 Å². The molecule has 0 saturated carbocycles. The van der Waals surface area contributed by atoms with Gasteiger partial charge < -0.3 is 10.1 Å². The number of rotatable bonds is 8. The molecule has 0 bridgehead atoms. The number of ether oxygens (including phenoxy) is 1. The summed E-state index contributed by atoms with van der Waals surface area (Å²) in [6, 6.07) is 13.2. The van der Waals surface area contributed by atoms with Crippen molar-refractivity contribution in [3.63, 3.8) is 0 Å². The zero-order valence-electron chi connectivity index (χ0n) is 16.1. The van der Waals surface area contributed by atoms with Gasteiger partial charge in [-0.25, -0.2) is 8.42 Å². The monoisotopic (exact) mass is 390 g/mol. The van der Waals surface area contributed by atoms with Crippen LogP contribution < -0.4 is 14.4 Å². The van der Waals surface area contributed by atoms with Crippen LogP contribution in [0.3, 0.4) is 0 Å². The fraction of sp³-hybridized carbons (Fsp3) is 0.350. The lowest BCUT2D eigenvalue weighted by molar-refractivity contribution is -0.116. The molecule has 0 aliphatic carbocycles. The number of hydrogen-bond donors (Lipinski definition) is 1. The molecular formula is C20H26N2O4S. The third kappa shape index (κ3) is 5.47. The van der Waals surface area contributed by atoms with E-state index in [0.29, 0.717) is 23.7 Å². The number of anilines is 2. The summed E-state index contributed by atoms with van der Waals surface area (Å²) in [5, 5.41) is 2.76. The molecule has 0 unspecified atom stereocenters. The highest BCUT2D eigenvalue weighted by Gasteiger charge is 2.29. The van der Waals surface area contributed by atoms with Gasteiger partial charge in [-0.3, -0.25) is 9.10 Å². The van der Waals surface area contributed by atoms with Gasteiger partial charge in [0.15, 0.2) is 0 Å². The van der Waals surface area contributed by atoms with Gasteiger partial charge in [0.2, 0.25) is 15.9 Å². The van der Waals surface area contributed by atoms with E-state index in [1.165, 1.54) is 0 Å². The maximum Gasteiger partial charge on any atom is 0.247 e. The molecule has 1 amide bonds. The molecule has 2 rings (SSSR count). The number of benzene rings is 2. The Hall–Kier alpha value is -2.54. The number of carbonyl (C=O) groups is 1. The molecule has 146 valence electrons. The Labute approximate surface area is 161 Å². The normalized spacial score (nSPS) is 12.3. The van der Waals surface area contributed by atoms with Gasteiger partial charge in [-0.1, -0.05) is 19.1 Å². The molecule has 1 atom stereocenters. The lowest BCUT2D eigenvalue weighted by atomic mass is 10.1. The van der Waals surface area contributed by atoms with Crippen molar-refractivity contribution in [3.8, 4) is 5.75 Å². The summed E-state index contributed by atoms with van der Waals surface area (Å²) >= 11 is 0. The van der Waals surface area contributed by atoms with Crippen molar-refractivity contribution in [2.75, 3.05) is 22.5 Å². The maximum atomic E-state index is 12.7. The summed E-state index contributed by atoms with van der Waals surface area (Å²) < 4.78 is 31.2. The Morgan fingerprint density at radius 2 is 1.67 bits per heavy atom. The molecule has 0 radical (unpaired) electrons. The summed E-state index contributed by atoms with van der Waals surface area (Å²) in [4.78, 5) is 12.7. The van der Waals surface area contributed by atoms with E-state index in [0.717, 1.165) is 22.5 Å². The highest BCUT2D eigenvalue weighted by molar-refractivity contribution is 7.92. The van der Waals surface area contributed by atoms with Crippen LogP contribution in [0.4, 0.5) is 11.4 Å². The van der Waals surface area contributed by atoms with Crippen LogP contribution in [0.1, 0.15) is 26.3 Å². The van der Waals surface area contributed by atoms with E-state index in [2.05, 4.69) is 5.32 Å². The van der Waals surface area contributed by atoms with E-state index >= 15 is 0 Å². The van der Waals surface area contributed by atoms with Crippen molar-refractivity contribution < 1.29 is 17.9 Å². The van der Waals surface area contributed by atoms with Crippen LogP contribution in [0.25, 0.3) is 0 Å². The first-order chi connectivity index (χ1) is 12.8. The summed E-state index contributed by atoms with van der Waals surface area (Å²) in [5.41, 5.74) is 2.13. The Bertz CT molecular complexity index is 862. The Morgan fingerprint density at radius 3 is 2.15 bits per heavy atom. The zero-order valence-corrected chi connectivity index (χ0v) is 16.9. The minimum atomic E-state index is -3.64. The van der Waals surface area contributed by atoms with Crippen LogP contribution in [0.15, 0.2) is 48.5 Å². The van der Waals surface area contributed by atoms with Crippen molar-refractivity contribution in [2.45, 2.75) is 33.2 Å². The third-order valence-corrected chi connectivity index (χ3v) is 5.36.